The summed E-state index contributed by atoms with van der Waals surface area (Å²) >= 11 is 18.6. The molecule has 0 spiro atoms. The Balaban J connectivity index is 2.11. The van der Waals surface area contributed by atoms with E-state index in [4.69, 9.17) is 39.5 Å². The second-order valence-electron chi connectivity index (χ2n) is 5.49. The highest BCUT2D eigenvalue weighted by Gasteiger charge is 2.31. The summed E-state index contributed by atoms with van der Waals surface area (Å²) in [5.74, 6) is 0.643. The van der Waals surface area contributed by atoms with Gasteiger partial charge in [-0.1, -0.05) is 34.8 Å². The molecule has 0 amide bonds. The van der Waals surface area contributed by atoms with Gasteiger partial charge in [0, 0.05) is 18.0 Å². The molecular weight excluding hydrogens is 373 g/mol. The molecule has 1 aliphatic rings. The summed E-state index contributed by atoms with van der Waals surface area (Å²) in [6.45, 7) is 0. The Kier molecular flexibility index (Phi) is 4.85. The van der Waals surface area contributed by atoms with Crippen LogP contribution < -0.4 is 4.90 Å². The Morgan fingerprint density at radius 3 is 2.54 bits per heavy atom. The summed E-state index contributed by atoms with van der Waals surface area (Å²) in [6, 6.07) is 5.11. The van der Waals surface area contributed by atoms with Crippen molar-refractivity contribution in [1.82, 2.24) is 9.97 Å². The van der Waals surface area contributed by atoms with E-state index >= 15 is 0 Å². The van der Waals surface area contributed by atoms with Gasteiger partial charge in [-0.15, -0.1) is 0 Å². The number of nitrogens with zero attached hydrogens (tertiary/aromatic N) is 3. The Bertz CT molecular complexity index is 809. The lowest BCUT2D eigenvalue weighted by Gasteiger charge is -2.22. The van der Waals surface area contributed by atoms with Gasteiger partial charge in [0.15, 0.2) is 11.5 Å². The summed E-state index contributed by atoms with van der Waals surface area (Å²) in [5, 5.41) is 1.10. The number of methoxy groups -OCH3 is 1. The minimum absolute atomic E-state index is 0.0583. The zero-order valence-electron chi connectivity index (χ0n) is 13.0. The number of hydrogen-bond donors (Lipinski definition) is 0. The number of hydrogen-bond acceptors (Lipinski definition) is 5. The maximum atomic E-state index is 12.0. The number of carbonyl (C=O) groups excluding carboxylic acids is 1. The summed E-state index contributed by atoms with van der Waals surface area (Å²) in [4.78, 5) is 22.5. The number of carbonyl (C=O) groups is 1. The normalized spacial score (nSPS) is 13.7. The fourth-order valence-corrected chi connectivity index (χ4v) is 3.12. The van der Waals surface area contributed by atoms with Gasteiger partial charge in [-0.3, -0.25) is 0 Å². The topological polar surface area (TPSA) is 55.3 Å². The van der Waals surface area contributed by atoms with Gasteiger partial charge >= 0.3 is 5.97 Å². The lowest BCUT2D eigenvalue weighted by Crippen LogP contribution is -2.17. The molecule has 1 aromatic carbocycles. The van der Waals surface area contributed by atoms with Crippen molar-refractivity contribution < 1.29 is 9.53 Å². The summed E-state index contributed by atoms with van der Waals surface area (Å²) in [6.07, 6.45) is 1.99. The molecule has 1 heterocycles. The van der Waals surface area contributed by atoms with Crippen LogP contribution in [0.3, 0.4) is 0 Å². The number of esters is 1. The second-order valence-corrected chi connectivity index (χ2v) is 6.71. The van der Waals surface area contributed by atoms with Gasteiger partial charge in [-0.2, -0.15) is 0 Å². The maximum absolute atomic E-state index is 12.0. The predicted molar refractivity (Wildman–Crippen MR) is 94.9 cm³/mol. The first-order chi connectivity index (χ1) is 11.4. The average molecular weight is 387 g/mol. The second kappa shape index (κ2) is 6.75. The number of benzene rings is 1. The fourth-order valence-electron chi connectivity index (χ4n) is 2.30. The fraction of sp³-hybridized carbons (Fsp3) is 0.312. The van der Waals surface area contributed by atoms with Crippen LogP contribution in [-0.4, -0.2) is 30.1 Å². The Morgan fingerprint density at radius 1 is 1.25 bits per heavy atom. The first-order valence-electron chi connectivity index (χ1n) is 7.27. The number of anilines is 2. The highest BCUT2D eigenvalue weighted by molar-refractivity contribution is 6.37. The summed E-state index contributed by atoms with van der Waals surface area (Å²) in [5.41, 5.74) is 0.724. The first kappa shape index (κ1) is 17.3. The molecular formula is C16H14Cl3N3O2. The van der Waals surface area contributed by atoms with E-state index in [2.05, 4.69) is 9.97 Å². The molecule has 1 fully saturated rings. The highest BCUT2D eigenvalue weighted by atomic mass is 35.5. The van der Waals surface area contributed by atoms with Crippen LogP contribution in [0, 0.1) is 0 Å². The van der Waals surface area contributed by atoms with Crippen LogP contribution in [-0.2, 0) is 4.74 Å². The zero-order chi connectivity index (χ0) is 17.4. The van der Waals surface area contributed by atoms with Crippen LogP contribution in [0.15, 0.2) is 18.2 Å². The molecule has 1 aliphatic carbocycles. The van der Waals surface area contributed by atoms with Crippen molar-refractivity contribution in [2.45, 2.75) is 18.8 Å². The Morgan fingerprint density at radius 2 is 1.96 bits per heavy atom. The standard InChI is InChI=1S/C16H14Cl3N3O2/c1-22(11-6-5-9(17)7-10(11)18)15-12(19)13(16(23)24-2)20-14(21-15)8-3-4-8/h5-8H,3-4H2,1-2H3. The van der Waals surface area contributed by atoms with Gasteiger partial charge in [0.05, 0.1) is 17.8 Å². The molecule has 0 atom stereocenters. The van der Waals surface area contributed by atoms with Gasteiger partial charge in [0.25, 0.3) is 0 Å². The van der Waals surface area contributed by atoms with Crippen LogP contribution >= 0.6 is 34.8 Å². The van der Waals surface area contributed by atoms with Crippen molar-refractivity contribution in [3.63, 3.8) is 0 Å². The van der Waals surface area contributed by atoms with Crippen LogP contribution in [0.5, 0.6) is 0 Å². The van der Waals surface area contributed by atoms with Crippen molar-refractivity contribution >= 4 is 52.3 Å². The highest BCUT2D eigenvalue weighted by Crippen LogP contribution is 2.42. The molecule has 0 aliphatic heterocycles. The molecule has 24 heavy (non-hydrogen) atoms. The third-order valence-electron chi connectivity index (χ3n) is 3.76. The van der Waals surface area contributed by atoms with Gasteiger partial charge in [-0.05, 0) is 31.0 Å². The number of halogens is 3. The summed E-state index contributed by atoms with van der Waals surface area (Å²) in [7, 11) is 3.05. The molecule has 126 valence electrons. The Labute approximate surface area is 154 Å². The molecule has 0 saturated heterocycles. The van der Waals surface area contributed by atoms with E-state index in [9.17, 15) is 4.79 Å². The molecule has 1 saturated carbocycles. The molecule has 2 aromatic rings. The molecule has 1 aromatic heterocycles. The van der Waals surface area contributed by atoms with Crippen molar-refractivity contribution in [3.05, 3.63) is 44.8 Å². The number of aromatic nitrogens is 2. The van der Waals surface area contributed by atoms with E-state index in [1.807, 2.05) is 0 Å². The molecule has 0 unspecified atom stereocenters. The predicted octanol–water partition coefficient (Wildman–Crippen LogP) is 4.87. The Hall–Kier alpha value is -1.56. The van der Waals surface area contributed by atoms with E-state index < -0.39 is 5.97 Å². The monoisotopic (exact) mass is 385 g/mol. The smallest absolute Gasteiger partial charge is 0.358 e. The molecule has 0 bridgehead atoms. The SMILES string of the molecule is COC(=O)c1nc(C2CC2)nc(N(C)c2ccc(Cl)cc2Cl)c1Cl. The van der Waals surface area contributed by atoms with Crippen LogP contribution in [0.2, 0.25) is 15.1 Å². The van der Waals surface area contributed by atoms with E-state index in [0.29, 0.717) is 27.4 Å². The van der Waals surface area contributed by atoms with E-state index in [1.54, 1.807) is 30.1 Å². The van der Waals surface area contributed by atoms with Crippen molar-refractivity contribution in [2.24, 2.45) is 0 Å². The van der Waals surface area contributed by atoms with Gasteiger partial charge < -0.3 is 9.64 Å². The quantitative estimate of drug-likeness (QED) is 0.702. The number of rotatable bonds is 4. The van der Waals surface area contributed by atoms with Crippen molar-refractivity contribution in [3.8, 4) is 0 Å². The van der Waals surface area contributed by atoms with E-state index in [1.165, 1.54) is 7.11 Å². The number of ether oxygens (including phenoxy) is 1. The molecule has 8 heteroatoms. The molecule has 0 radical (unpaired) electrons. The average Bonchev–Trinajstić information content (AvgIpc) is 3.38. The van der Waals surface area contributed by atoms with Crippen LogP contribution in [0.4, 0.5) is 11.5 Å². The zero-order valence-corrected chi connectivity index (χ0v) is 15.3. The lowest BCUT2D eigenvalue weighted by atomic mass is 10.2. The molecule has 3 rings (SSSR count). The van der Waals surface area contributed by atoms with Crippen LogP contribution in [0.1, 0.15) is 35.1 Å². The lowest BCUT2D eigenvalue weighted by molar-refractivity contribution is 0.0593. The third-order valence-corrected chi connectivity index (χ3v) is 4.65. The molecule has 0 N–H and O–H groups in total. The van der Waals surface area contributed by atoms with Crippen LogP contribution in [0.25, 0.3) is 0 Å². The van der Waals surface area contributed by atoms with Gasteiger partial charge in [0.2, 0.25) is 0 Å². The van der Waals surface area contributed by atoms with Gasteiger partial charge in [0.1, 0.15) is 10.8 Å². The molecule has 5 nitrogen and oxygen atoms in total. The van der Waals surface area contributed by atoms with Crippen molar-refractivity contribution in [2.75, 3.05) is 19.1 Å². The minimum atomic E-state index is -0.596. The van der Waals surface area contributed by atoms with E-state index in [0.717, 1.165) is 12.8 Å². The first-order valence-corrected chi connectivity index (χ1v) is 8.40. The van der Waals surface area contributed by atoms with Crippen molar-refractivity contribution in [1.29, 1.82) is 0 Å². The largest absolute Gasteiger partial charge is 0.464 e. The van der Waals surface area contributed by atoms with Gasteiger partial charge in [-0.25, -0.2) is 14.8 Å². The van der Waals surface area contributed by atoms with E-state index in [-0.39, 0.29) is 16.6 Å². The summed E-state index contributed by atoms with van der Waals surface area (Å²) < 4.78 is 4.78. The minimum Gasteiger partial charge on any atom is -0.464 e. The maximum Gasteiger partial charge on any atom is 0.358 e. The third kappa shape index (κ3) is 3.29.